The molecule has 1 N–H and O–H groups in total. The zero-order valence-corrected chi connectivity index (χ0v) is 12.9. The third kappa shape index (κ3) is 5.93. The first kappa shape index (κ1) is 16.5. The maximum absolute atomic E-state index is 9.42. The number of nitriles is 1. The summed E-state index contributed by atoms with van der Waals surface area (Å²) in [5, 5.41) is 12.8. The van der Waals surface area contributed by atoms with Crippen molar-refractivity contribution in [3.8, 4) is 6.07 Å². The molecule has 0 aliphatic heterocycles. The van der Waals surface area contributed by atoms with Crippen LogP contribution in [-0.2, 0) is 4.74 Å². The Balaban J connectivity index is 2.26. The van der Waals surface area contributed by atoms with Gasteiger partial charge in [0.1, 0.15) is 5.54 Å². The number of nitrogens with zero attached hydrogens (tertiary/aromatic N) is 1. The van der Waals surface area contributed by atoms with E-state index in [9.17, 15) is 5.26 Å². The molecule has 0 amide bonds. The summed E-state index contributed by atoms with van der Waals surface area (Å²) in [6, 6.07) is 2.81. The Bertz CT molecular complexity index is 279. The molecular formula is C16H30N2O. The molecule has 0 aromatic carbocycles. The van der Waals surface area contributed by atoms with E-state index in [1.54, 1.807) is 0 Å². The minimum absolute atomic E-state index is 0.346. The van der Waals surface area contributed by atoms with Crippen LogP contribution in [0.1, 0.15) is 72.1 Å². The van der Waals surface area contributed by atoms with E-state index in [0.29, 0.717) is 12.1 Å². The van der Waals surface area contributed by atoms with E-state index in [1.165, 1.54) is 32.1 Å². The molecule has 1 aliphatic rings. The number of nitrogens with one attached hydrogen (secondary N) is 1. The monoisotopic (exact) mass is 266 g/mol. The Labute approximate surface area is 118 Å². The van der Waals surface area contributed by atoms with Crippen LogP contribution in [0.2, 0.25) is 0 Å². The van der Waals surface area contributed by atoms with E-state index < -0.39 is 0 Å². The lowest BCUT2D eigenvalue weighted by Crippen LogP contribution is -2.47. The van der Waals surface area contributed by atoms with E-state index in [4.69, 9.17) is 4.74 Å². The second-order valence-electron chi connectivity index (χ2n) is 6.08. The molecule has 0 heterocycles. The summed E-state index contributed by atoms with van der Waals surface area (Å²) in [7, 11) is 0. The molecule has 3 heteroatoms. The fourth-order valence-corrected chi connectivity index (χ4v) is 2.93. The summed E-state index contributed by atoms with van der Waals surface area (Å²) in [6.07, 6.45) is 9.62. The molecule has 110 valence electrons. The van der Waals surface area contributed by atoms with Crippen LogP contribution < -0.4 is 5.32 Å². The molecule has 1 unspecified atom stereocenters. The predicted molar refractivity (Wildman–Crippen MR) is 79.0 cm³/mol. The van der Waals surface area contributed by atoms with Gasteiger partial charge in [-0.3, -0.25) is 5.32 Å². The van der Waals surface area contributed by atoms with Crippen molar-refractivity contribution in [2.24, 2.45) is 0 Å². The van der Waals surface area contributed by atoms with E-state index >= 15 is 0 Å². The van der Waals surface area contributed by atoms with Gasteiger partial charge in [-0.15, -0.1) is 0 Å². The van der Waals surface area contributed by atoms with Gasteiger partial charge in [-0.05, 0) is 46.0 Å². The Morgan fingerprint density at radius 3 is 2.53 bits per heavy atom. The van der Waals surface area contributed by atoms with Crippen LogP contribution in [0.5, 0.6) is 0 Å². The first-order chi connectivity index (χ1) is 9.12. The molecule has 0 spiro atoms. The molecular weight excluding hydrogens is 236 g/mol. The van der Waals surface area contributed by atoms with Gasteiger partial charge in [0.15, 0.2) is 0 Å². The predicted octanol–water partition coefficient (Wildman–Crippen LogP) is 3.79. The molecule has 0 aromatic heterocycles. The lowest BCUT2D eigenvalue weighted by atomic mass is 9.91. The molecule has 0 saturated heterocycles. The zero-order valence-electron chi connectivity index (χ0n) is 12.9. The molecule has 0 bridgehead atoms. The van der Waals surface area contributed by atoms with Crippen molar-refractivity contribution in [3.63, 3.8) is 0 Å². The summed E-state index contributed by atoms with van der Waals surface area (Å²) in [6.45, 7) is 7.08. The molecule has 1 atom stereocenters. The fraction of sp³-hybridized carbons (Fsp3) is 0.938. The smallest absolute Gasteiger partial charge is 0.106 e. The van der Waals surface area contributed by atoms with Crippen molar-refractivity contribution in [2.75, 3.05) is 6.61 Å². The second kappa shape index (κ2) is 8.55. The van der Waals surface area contributed by atoms with Crippen LogP contribution in [0.25, 0.3) is 0 Å². The minimum Gasteiger partial charge on any atom is -0.378 e. The van der Waals surface area contributed by atoms with Crippen molar-refractivity contribution in [1.82, 2.24) is 5.32 Å². The lowest BCUT2D eigenvalue weighted by molar-refractivity contribution is 0.0243. The molecule has 19 heavy (non-hydrogen) atoms. The summed E-state index contributed by atoms with van der Waals surface area (Å²) in [5.41, 5.74) is -0.371. The maximum atomic E-state index is 9.42. The number of hydrogen-bond donors (Lipinski definition) is 1. The SMILES string of the molecule is CCC(C#N)(CCCOC1CCCCC1)NC(C)C. The van der Waals surface area contributed by atoms with Gasteiger partial charge in [0.2, 0.25) is 0 Å². The normalized spacial score (nSPS) is 20.2. The molecule has 1 fully saturated rings. The third-order valence-corrected chi connectivity index (χ3v) is 4.04. The summed E-state index contributed by atoms with van der Waals surface area (Å²) in [5.74, 6) is 0. The molecule has 3 nitrogen and oxygen atoms in total. The van der Waals surface area contributed by atoms with Crippen molar-refractivity contribution in [1.29, 1.82) is 5.26 Å². The van der Waals surface area contributed by atoms with Gasteiger partial charge in [-0.1, -0.05) is 26.2 Å². The highest BCUT2D eigenvalue weighted by atomic mass is 16.5. The standard InChI is InChI=1S/C16H30N2O/c1-4-16(13-17,18-14(2)3)11-8-12-19-15-9-6-5-7-10-15/h14-15,18H,4-12H2,1-3H3. The number of ether oxygens (including phenoxy) is 1. The molecule has 0 aromatic rings. The Kier molecular flexibility index (Phi) is 7.41. The Morgan fingerprint density at radius 2 is 2.00 bits per heavy atom. The van der Waals surface area contributed by atoms with Crippen molar-refractivity contribution in [2.45, 2.75) is 89.8 Å². The fourth-order valence-electron chi connectivity index (χ4n) is 2.93. The first-order valence-electron chi connectivity index (χ1n) is 7.92. The van der Waals surface area contributed by atoms with E-state index in [0.717, 1.165) is 25.9 Å². The molecule has 0 radical (unpaired) electrons. The van der Waals surface area contributed by atoms with E-state index in [2.05, 4.69) is 32.2 Å². The Hall–Kier alpha value is -0.590. The van der Waals surface area contributed by atoms with Crippen molar-refractivity contribution < 1.29 is 4.74 Å². The summed E-state index contributed by atoms with van der Waals surface area (Å²) < 4.78 is 5.94. The maximum Gasteiger partial charge on any atom is 0.106 e. The van der Waals surface area contributed by atoms with Gasteiger partial charge < -0.3 is 4.74 Å². The molecule has 1 aliphatic carbocycles. The molecule has 1 saturated carbocycles. The quantitative estimate of drug-likeness (QED) is 0.680. The van der Waals surface area contributed by atoms with Crippen LogP contribution in [0.3, 0.4) is 0 Å². The van der Waals surface area contributed by atoms with Gasteiger partial charge in [-0.25, -0.2) is 0 Å². The first-order valence-corrected chi connectivity index (χ1v) is 7.92. The van der Waals surface area contributed by atoms with Crippen molar-refractivity contribution in [3.05, 3.63) is 0 Å². The van der Waals surface area contributed by atoms with Gasteiger partial charge in [0.25, 0.3) is 0 Å². The third-order valence-electron chi connectivity index (χ3n) is 4.04. The average molecular weight is 266 g/mol. The van der Waals surface area contributed by atoms with E-state index in [1.807, 2.05) is 0 Å². The highest BCUT2D eigenvalue weighted by Crippen LogP contribution is 2.22. The van der Waals surface area contributed by atoms with Gasteiger partial charge in [-0.2, -0.15) is 5.26 Å². The van der Waals surface area contributed by atoms with Crippen LogP contribution in [-0.4, -0.2) is 24.3 Å². The van der Waals surface area contributed by atoms with Crippen LogP contribution in [0.15, 0.2) is 0 Å². The highest BCUT2D eigenvalue weighted by molar-refractivity contribution is 5.06. The number of hydrogen-bond acceptors (Lipinski definition) is 3. The van der Waals surface area contributed by atoms with Crippen molar-refractivity contribution >= 4 is 0 Å². The number of rotatable bonds is 8. The lowest BCUT2D eigenvalue weighted by Gasteiger charge is -2.29. The summed E-state index contributed by atoms with van der Waals surface area (Å²) in [4.78, 5) is 0. The second-order valence-corrected chi connectivity index (χ2v) is 6.08. The van der Waals surface area contributed by atoms with Gasteiger partial charge in [0.05, 0.1) is 12.2 Å². The zero-order chi connectivity index (χ0) is 14.1. The average Bonchev–Trinajstić information content (AvgIpc) is 2.43. The van der Waals surface area contributed by atoms with E-state index in [-0.39, 0.29) is 5.54 Å². The van der Waals surface area contributed by atoms with Gasteiger partial charge in [0, 0.05) is 12.6 Å². The van der Waals surface area contributed by atoms with Gasteiger partial charge >= 0.3 is 0 Å². The highest BCUT2D eigenvalue weighted by Gasteiger charge is 2.27. The topological polar surface area (TPSA) is 45.0 Å². The summed E-state index contributed by atoms with van der Waals surface area (Å²) >= 11 is 0. The Morgan fingerprint density at radius 1 is 1.32 bits per heavy atom. The largest absolute Gasteiger partial charge is 0.378 e. The molecule has 1 rings (SSSR count). The minimum atomic E-state index is -0.371. The van der Waals surface area contributed by atoms with Crippen LogP contribution >= 0.6 is 0 Å². The van der Waals surface area contributed by atoms with Crippen LogP contribution in [0.4, 0.5) is 0 Å². The van der Waals surface area contributed by atoms with Crippen LogP contribution in [0, 0.1) is 11.3 Å².